The number of hydrogen-bond donors (Lipinski definition) is 1. The van der Waals surface area contributed by atoms with Crippen LogP contribution in [0.1, 0.15) is 62.8 Å². The van der Waals surface area contributed by atoms with Gasteiger partial charge >= 0.3 is 5.97 Å². The van der Waals surface area contributed by atoms with Gasteiger partial charge in [0, 0.05) is 6.42 Å². The average molecular weight is 396 g/mol. The van der Waals surface area contributed by atoms with E-state index in [0.717, 1.165) is 31.9 Å². The molecule has 0 atom stereocenters. The van der Waals surface area contributed by atoms with Crippen molar-refractivity contribution in [1.29, 1.82) is 0 Å². The standard InChI is InChI=1S/C22H33NO3.ClH/c1-25-22(24)11-6-17-2-4-18(5-3-17)16-26-21-9-7-19(8-10-21)20-12-14-23-15-13-20;/h7-10,17-18,20,23H,2-6,11-16H2,1H3;1H/t17-,18-;. The van der Waals surface area contributed by atoms with Gasteiger partial charge in [0.15, 0.2) is 0 Å². The lowest BCUT2D eigenvalue weighted by molar-refractivity contribution is -0.141. The molecule has 1 aromatic carbocycles. The number of halogens is 1. The number of hydrogen-bond acceptors (Lipinski definition) is 4. The van der Waals surface area contributed by atoms with Crippen LogP contribution in [-0.2, 0) is 9.53 Å². The maximum atomic E-state index is 11.3. The Hall–Kier alpha value is -1.26. The summed E-state index contributed by atoms with van der Waals surface area (Å²) in [6.07, 6.45) is 8.83. The molecule has 2 fully saturated rings. The van der Waals surface area contributed by atoms with Gasteiger partial charge in [-0.25, -0.2) is 0 Å². The van der Waals surface area contributed by atoms with Crippen LogP contribution in [0.2, 0.25) is 0 Å². The van der Waals surface area contributed by atoms with Crippen LogP contribution in [0.3, 0.4) is 0 Å². The van der Waals surface area contributed by atoms with E-state index >= 15 is 0 Å². The van der Waals surface area contributed by atoms with Gasteiger partial charge in [0.05, 0.1) is 13.7 Å². The quantitative estimate of drug-likeness (QED) is 0.679. The van der Waals surface area contributed by atoms with Gasteiger partial charge in [-0.3, -0.25) is 4.79 Å². The summed E-state index contributed by atoms with van der Waals surface area (Å²) in [4.78, 5) is 11.3. The lowest BCUT2D eigenvalue weighted by atomic mass is 9.80. The van der Waals surface area contributed by atoms with Gasteiger partial charge in [0.25, 0.3) is 0 Å². The van der Waals surface area contributed by atoms with Gasteiger partial charge in [-0.1, -0.05) is 25.0 Å². The number of rotatable bonds is 7. The second kappa shape index (κ2) is 11.6. The number of esters is 1. The van der Waals surface area contributed by atoms with E-state index in [1.807, 2.05) is 0 Å². The maximum Gasteiger partial charge on any atom is 0.305 e. The summed E-state index contributed by atoms with van der Waals surface area (Å²) >= 11 is 0. The Morgan fingerprint density at radius 1 is 1.00 bits per heavy atom. The lowest BCUT2D eigenvalue weighted by Gasteiger charge is -2.28. The van der Waals surface area contributed by atoms with Gasteiger partial charge < -0.3 is 14.8 Å². The molecular weight excluding hydrogens is 362 g/mol. The zero-order valence-corrected chi connectivity index (χ0v) is 17.3. The number of piperidine rings is 1. The van der Waals surface area contributed by atoms with E-state index in [0.29, 0.717) is 24.2 Å². The van der Waals surface area contributed by atoms with Crippen molar-refractivity contribution in [2.75, 3.05) is 26.8 Å². The molecule has 1 N–H and O–H groups in total. The van der Waals surface area contributed by atoms with E-state index in [1.54, 1.807) is 0 Å². The third kappa shape index (κ3) is 7.00. The summed E-state index contributed by atoms with van der Waals surface area (Å²) in [7, 11) is 1.47. The third-order valence-electron chi connectivity index (χ3n) is 6.13. The number of ether oxygens (including phenoxy) is 2. The van der Waals surface area contributed by atoms with Crippen molar-refractivity contribution < 1.29 is 14.3 Å². The fourth-order valence-corrected chi connectivity index (χ4v) is 4.32. The second-order valence-corrected chi connectivity index (χ2v) is 7.91. The van der Waals surface area contributed by atoms with Gasteiger partial charge in [-0.15, -0.1) is 12.4 Å². The van der Waals surface area contributed by atoms with E-state index in [4.69, 9.17) is 9.47 Å². The van der Waals surface area contributed by atoms with Crippen LogP contribution in [0.4, 0.5) is 0 Å². The Bertz CT molecular complexity index is 549. The zero-order chi connectivity index (χ0) is 18.2. The normalized spacial score (nSPS) is 23.3. The first kappa shape index (κ1) is 22.0. The highest BCUT2D eigenvalue weighted by molar-refractivity contribution is 5.85. The average Bonchev–Trinajstić information content (AvgIpc) is 2.72. The molecule has 0 radical (unpaired) electrons. The predicted octanol–water partition coefficient (Wildman–Crippen LogP) is 4.71. The van der Waals surface area contributed by atoms with E-state index < -0.39 is 0 Å². The minimum Gasteiger partial charge on any atom is -0.493 e. The highest BCUT2D eigenvalue weighted by Gasteiger charge is 2.22. The molecule has 27 heavy (non-hydrogen) atoms. The first-order chi connectivity index (χ1) is 12.7. The minimum atomic E-state index is -0.0802. The van der Waals surface area contributed by atoms with Crippen LogP contribution in [0.5, 0.6) is 5.75 Å². The maximum absolute atomic E-state index is 11.3. The van der Waals surface area contributed by atoms with E-state index in [2.05, 4.69) is 29.6 Å². The van der Waals surface area contributed by atoms with Crippen molar-refractivity contribution in [3.05, 3.63) is 29.8 Å². The molecule has 2 aliphatic rings. The Labute approximate surface area is 169 Å². The summed E-state index contributed by atoms with van der Waals surface area (Å²) < 4.78 is 10.8. The number of nitrogens with one attached hydrogen (secondary N) is 1. The van der Waals surface area contributed by atoms with Crippen LogP contribution in [0.15, 0.2) is 24.3 Å². The van der Waals surface area contributed by atoms with Crippen molar-refractivity contribution in [1.82, 2.24) is 5.32 Å². The molecule has 0 amide bonds. The van der Waals surface area contributed by atoms with Crippen LogP contribution in [-0.4, -0.2) is 32.8 Å². The van der Waals surface area contributed by atoms with Gasteiger partial charge in [0.1, 0.15) is 5.75 Å². The molecule has 0 unspecified atom stereocenters. The fraction of sp³-hybridized carbons (Fsp3) is 0.682. The molecular formula is C22H34ClNO3. The lowest BCUT2D eigenvalue weighted by Crippen LogP contribution is -2.26. The highest BCUT2D eigenvalue weighted by Crippen LogP contribution is 2.32. The summed E-state index contributed by atoms with van der Waals surface area (Å²) in [5.41, 5.74) is 1.45. The number of carbonyl (C=O) groups excluding carboxylic acids is 1. The van der Waals surface area contributed by atoms with Gasteiger partial charge in [-0.05, 0) is 80.6 Å². The summed E-state index contributed by atoms with van der Waals surface area (Å²) in [5.74, 6) is 2.94. The largest absolute Gasteiger partial charge is 0.493 e. The van der Waals surface area contributed by atoms with Crippen LogP contribution in [0.25, 0.3) is 0 Å². The molecule has 0 spiro atoms. The molecule has 5 heteroatoms. The monoisotopic (exact) mass is 395 g/mol. The summed E-state index contributed by atoms with van der Waals surface area (Å²) in [6.45, 7) is 3.08. The molecule has 3 rings (SSSR count). The summed E-state index contributed by atoms with van der Waals surface area (Å²) in [5, 5.41) is 3.42. The molecule has 1 saturated carbocycles. The van der Waals surface area contributed by atoms with E-state index in [1.165, 1.54) is 51.2 Å². The van der Waals surface area contributed by atoms with Crippen LogP contribution >= 0.6 is 12.4 Å². The first-order valence-electron chi connectivity index (χ1n) is 10.2. The molecule has 1 aliphatic carbocycles. The third-order valence-corrected chi connectivity index (χ3v) is 6.13. The van der Waals surface area contributed by atoms with Crippen molar-refractivity contribution in [3.8, 4) is 5.75 Å². The van der Waals surface area contributed by atoms with Gasteiger partial charge in [0.2, 0.25) is 0 Å². The molecule has 0 aromatic heterocycles. The number of carbonyl (C=O) groups is 1. The molecule has 1 aromatic rings. The number of methoxy groups -OCH3 is 1. The minimum absolute atomic E-state index is 0. The molecule has 152 valence electrons. The molecule has 0 bridgehead atoms. The molecule has 1 saturated heterocycles. The van der Waals surface area contributed by atoms with Crippen molar-refractivity contribution in [2.45, 2.75) is 57.3 Å². The Morgan fingerprint density at radius 2 is 1.63 bits per heavy atom. The van der Waals surface area contributed by atoms with E-state index in [-0.39, 0.29) is 18.4 Å². The zero-order valence-electron chi connectivity index (χ0n) is 16.5. The van der Waals surface area contributed by atoms with E-state index in [9.17, 15) is 4.79 Å². The topological polar surface area (TPSA) is 47.6 Å². The first-order valence-corrected chi connectivity index (χ1v) is 10.2. The summed E-state index contributed by atoms with van der Waals surface area (Å²) in [6, 6.07) is 8.77. The Balaban J connectivity index is 0.00000261. The highest BCUT2D eigenvalue weighted by atomic mass is 35.5. The van der Waals surface area contributed by atoms with Gasteiger partial charge in [-0.2, -0.15) is 0 Å². The molecule has 1 heterocycles. The molecule has 4 nitrogen and oxygen atoms in total. The smallest absolute Gasteiger partial charge is 0.305 e. The van der Waals surface area contributed by atoms with Crippen molar-refractivity contribution >= 4 is 18.4 Å². The predicted molar refractivity (Wildman–Crippen MR) is 111 cm³/mol. The fourth-order valence-electron chi connectivity index (χ4n) is 4.32. The Kier molecular flexibility index (Phi) is 9.43. The SMILES string of the molecule is COC(=O)CC[C@H]1CC[C@H](COc2ccc(C3CCNCC3)cc2)CC1.Cl. The Morgan fingerprint density at radius 3 is 2.26 bits per heavy atom. The van der Waals surface area contributed by atoms with Crippen LogP contribution < -0.4 is 10.1 Å². The second-order valence-electron chi connectivity index (χ2n) is 7.91. The molecule has 1 aliphatic heterocycles. The number of benzene rings is 1. The van der Waals surface area contributed by atoms with Crippen LogP contribution in [0, 0.1) is 11.8 Å². The van der Waals surface area contributed by atoms with Crippen molar-refractivity contribution in [3.63, 3.8) is 0 Å². The van der Waals surface area contributed by atoms with Crippen molar-refractivity contribution in [2.24, 2.45) is 11.8 Å².